The zero-order chi connectivity index (χ0) is 11.5. The highest BCUT2D eigenvalue weighted by atomic mass is 35.5. The molecule has 1 aliphatic carbocycles. The van der Waals surface area contributed by atoms with Crippen molar-refractivity contribution in [3.63, 3.8) is 0 Å². The molecule has 4 heteroatoms. The molecule has 1 aromatic heterocycles. The van der Waals surface area contributed by atoms with Gasteiger partial charge in [0.25, 0.3) is 0 Å². The molecule has 1 saturated carbocycles. The van der Waals surface area contributed by atoms with Crippen LogP contribution in [0.2, 0.25) is 10.0 Å². The molecule has 2 nitrogen and oxygen atoms in total. The lowest BCUT2D eigenvalue weighted by molar-refractivity contribution is 0.349. The summed E-state index contributed by atoms with van der Waals surface area (Å²) in [7, 11) is 0. The topological polar surface area (TPSA) is 24.9 Å². The van der Waals surface area contributed by atoms with Gasteiger partial charge in [0.1, 0.15) is 5.82 Å². The monoisotopic (exact) mass is 258 g/mol. The first-order chi connectivity index (χ1) is 7.66. The maximum absolute atomic E-state index is 6.09. The van der Waals surface area contributed by atoms with Crippen molar-refractivity contribution in [2.45, 2.75) is 38.6 Å². The Hall–Kier alpha value is -0.470. The van der Waals surface area contributed by atoms with E-state index in [0.717, 1.165) is 5.82 Å². The number of rotatable bonds is 2. The molecule has 16 heavy (non-hydrogen) atoms. The number of hydrogen-bond donors (Lipinski definition) is 1. The first-order valence-corrected chi connectivity index (χ1v) is 6.50. The molecule has 0 saturated heterocycles. The summed E-state index contributed by atoms with van der Waals surface area (Å²) in [4.78, 5) is 4.23. The average Bonchev–Trinajstić information content (AvgIpc) is 2.25. The first kappa shape index (κ1) is 12.0. The molecule has 0 radical (unpaired) electrons. The van der Waals surface area contributed by atoms with Gasteiger partial charge in [0, 0.05) is 12.2 Å². The fraction of sp³-hybridized carbons (Fsp3) is 0.583. The summed E-state index contributed by atoms with van der Waals surface area (Å²) in [5.74, 6) is 1.44. The van der Waals surface area contributed by atoms with E-state index in [-0.39, 0.29) is 0 Å². The van der Waals surface area contributed by atoms with Crippen molar-refractivity contribution < 1.29 is 0 Å². The van der Waals surface area contributed by atoms with Crippen LogP contribution in [-0.2, 0) is 0 Å². The van der Waals surface area contributed by atoms with Gasteiger partial charge in [-0.05, 0) is 24.8 Å². The van der Waals surface area contributed by atoms with Crippen molar-refractivity contribution in [3.05, 3.63) is 22.3 Å². The molecule has 1 aromatic rings. The van der Waals surface area contributed by atoms with Gasteiger partial charge in [-0.3, -0.25) is 0 Å². The molecule has 2 rings (SSSR count). The zero-order valence-corrected chi connectivity index (χ0v) is 10.9. The Kier molecular flexibility index (Phi) is 3.93. The quantitative estimate of drug-likeness (QED) is 0.852. The molecule has 1 aliphatic rings. The van der Waals surface area contributed by atoms with Gasteiger partial charge in [-0.15, -0.1) is 0 Å². The molecule has 0 amide bonds. The first-order valence-electron chi connectivity index (χ1n) is 5.74. The molecule has 1 heterocycles. The Morgan fingerprint density at radius 1 is 1.31 bits per heavy atom. The Labute approximate surface area is 106 Å². The van der Waals surface area contributed by atoms with Crippen LogP contribution in [0.4, 0.5) is 5.82 Å². The standard InChI is InChI=1S/C12H16Cl2N2/c1-8-4-2-3-5-11(8)16-12-10(14)6-9(13)7-15-12/h6-8,11H,2-5H2,1H3,(H,15,16). The highest BCUT2D eigenvalue weighted by Gasteiger charge is 2.21. The third kappa shape index (κ3) is 2.80. The third-order valence-electron chi connectivity index (χ3n) is 3.24. The van der Waals surface area contributed by atoms with Gasteiger partial charge in [0.2, 0.25) is 0 Å². The second-order valence-corrected chi connectivity index (χ2v) is 5.34. The number of aromatic nitrogens is 1. The Morgan fingerprint density at radius 2 is 2.06 bits per heavy atom. The summed E-state index contributed by atoms with van der Waals surface area (Å²) in [6.45, 7) is 2.28. The second kappa shape index (κ2) is 5.24. The lowest BCUT2D eigenvalue weighted by Gasteiger charge is -2.30. The van der Waals surface area contributed by atoms with Crippen LogP contribution in [0.3, 0.4) is 0 Å². The number of halogens is 2. The fourth-order valence-corrected chi connectivity index (χ4v) is 2.66. The third-order valence-corrected chi connectivity index (χ3v) is 3.74. The largest absolute Gasteiger partial charge is 0.366 e. The molecule has 0 spiro atoms. The van der Waals surface area contributed by atoms with Crippen molar-refractivity contribution in [1.29, 1.82) is 0 Å². The lowest BCUT2D eigenvalue weighted by Crippen LogP contribution is -2.30. The van der Waals surface area contributed by atoms with Gasteiger partial charge < -0.3 is 5.32 Å². The van der Waals surface area contributed by atoms with Crippen LogP contribution < -0.4 is 5.32 Å². The minimum Gasteiger partial charge on any atom is -0.366 e. The number of hydrogen-bond acceptors (Lipinski definition) is 2. The number of nitrogens with one attached hydrogen (secondary N) is 1. The Morgan fingerprint density at radius 3 is 2.75 bits per heavy atom. The lowest BCUT2D eigenvalue weighted by atomic mass is 9.86. The molecule has 1 fully saturated rings. The molecule has 0 aliphatic heterocycles. The molecule has 1 N–H and O–H groups in total. The van der Waals surface area contributed by atoms with Crippen molar-refractivity contribution in [3.8, 4) is 0 Å². The van der Waals surface area contributed by atoms with Crippen LogP contribution >= 0.6 is 23.2 Å². The van der Waals surface area contributed by atoms with Gasteiger partial charge in [-0.2, -0.15) is 0 Å². The van der Waals surface area contributed by atoms with Crippen LogP contribution in [0.1, 0.15) is 32.6 Å². The predicted octanol–water partition coefficient (Wildman–Crippen LogP) is 4.38. The van der Waals surface area contributed by atoms with Crippen molar-refractivity contribution in [1.82, 2.24) is 4.98 Å². The van der Waals surface area contributed by atoms with Crippen molar-refractivity contribution in [2.75, 3.05) is 5.32 Å². The van der Waals surface area contributed by atoms with Crippen molar-refractivity contribution in [2.24, 2.45) is 5.92 Å². The molecule has 0 bridgehead atoms. The summed E-state index contributed by atoms with van der Waals surface area (Å²) in [6.07, 6.45) is 6.72. The van der Waals surface area contributed by atoms with E-state index in [9.17, 15) is 0 Å². The second-order valence-electron chi connectivity index (χ2n) is 4.50. The van der Waals surface area contributed by atoms with E-state index < -0.39 is 0 Å². The Bertz CT molecular complexity index is 368. The van der Waals surface area contributed by atoms with Crippen molar-refractivity contribution >= 4 is 29.0 Å². The van der Waals surface area contributed by atoms with E-state index in [1.807, 2.05) is 0 Å². The van der Waals surface area contributed by atoms with Gasteiger partial charge in [-0.25, -0.2) is 4.98 Å². The normalized spacial score (nSPS) is 25.4. The van der Waals surface area contributed by atoms with E-state index in [4.69, 9.17) is 23.2 Å². The SMILES string of the molecule is CC1CCCCC1Nc1ncc(Cl)cc1Cl. The van der Waals surface area contributed by atoms with Gasteiger partial charge in [0.05, 0.1) is 10.0 Å². The van der Waals surface area contributed by atoms with Gasteiger partial charge in [-0.1, -0.05) is 43.0 Å². The van der Waals surface area contributed by atoms with E-state index >= 15 is 0 Å². The number of nitrogens with zero attached hydrogens (tertiary/aromatic N) is 1. The smallest absolute Gasteiger partial charge is 0.145 e. The van der Waals surface area contributed by atoms with E-state index in [2.05, 4.69) is 17.2 Å². The highest BCUT2D eigenvalue weighted by Crippen LogP contribution is 2.29. The highest BCUT2D eigenvalue weighted by molar-refractivity contribution is 6.35. The van der Waals surface area contributed by atoms with Crippen LogP contribution in [-0.4, -0.2) is 11.0 Å². The summed E-state index contributed by atoms with van der Waals surface area (Å²) >= 11 is 11.9. The average molecular weight is 259 g/mol. The van der Waals surface area contributed by atoms with Crippen LogP contribution in [0.25, 0.3) is 0 Å². The molecule has 88 valence electrons. The van der Waals surface area contributed by atoms with E-state index in [1.54, 1.807) is 12.3 Å². The van der Waals surface area contributed by atoms with Crippen LogP contribution in [0, 0.1) is 5.92 Å². The summed E-state index contributed by atoms with van der Waals surface area (Å²) < 4.78 is 0. The summed E-state index contributed by atoms with van der Waals surface area (Å²) in [5, 5.41) is 4.60. The minimum atomic E-state index is 0.486. The number of anilines is 1. The maximum atomic E-state index is 6.09. The molecular formula is C12H16Cl2N2. The molecular weight excluding hydrogens is 243 g/mol. The molecule has 0 aromatic carbocycles. The zero-order valence-electron chi connectivity index (χ0n) is 9.34. The number of pyridine rings is 1. The fourth-order valence-electron chi connectivity index (χ4n) is 2.23. The molecule has 2 unspecified atom stereocenters. The van der Waals surface area contributed by atoms with Gasteiger partial charge >= 0.3 is 0 Å². The summed E-state index contributed by atoms with van der Waals surface area (Å²) in [5.41, 5.74) is 0. The van der Waals surface area contributed by atoms with E-state index in [0.29, 0.717) is 22.0 Å². The Balaban J connectivity index is 2.07. The summed E-state index contributed by atoms with van der Waals surface area (Å²) in [6, 6.07) is 2.21. The molecule has 2 atom stereocenters. The van der Waals surface area contributed by atoms with Gasteiger partial charge in [0.15, 0.2) is 0 Å². The maximum Gasteiger partial charge on any atom is 0.145 e. The van der Waals surface area contributed by atoms with E-state index in [1.165, 1.54) is 25.7 Å². The van der Waals surface area contributed by atoms with Crippen LogP contribution in [0.15, 0.2) is 12.3 Å². The predicted molar refractivity (Wildman–Crippen MR) is 69.3 cm³/mol. The van der Waals surface area contributed by atoms with Crippen LogP contribution in [0.5, 0.6) is 0 Å². The minimum absolute atomic E-state index is 0.486.